The number of benzene rings is 1. The van der Waals surface area contributed by atoms with E-state index in [2.05, 4.69) is 15.9 Å². The number of rotatable bonds is 1. The first-order chi connectivity index (χ1) is 9.33. The molecule has 0 aromatic heterocycles. The Bertz CT molecular complexity index is 488. The maximum Gasteiger partial charge on any atom is 0.119 e. The zero-order chi connectivity index (χ0) is 12.8. The number of aromatic hydroxyl groups is 1. The zero-order valence-electron chi connectivity index (χ0n) is 11.4. The summed E-state index contributed by atoms with van der Waals surface area (Å²) in [5, 5.41) is 9.97. The minimum Gasteiger partial charge on any atom is -0.508 e. The van der Waals surface area contributed by atoms with E-state index in [-0.39, 0.29) is 0 Å². The fourth-order valence-electron chi connectivity index (χ4n) is 4.29. The third-order valence-electron chi connectivity index (χ3n) is 5.27. The van der Waals surface area contributed by atoms with Crippen molar-refractivity contribution in [2.24, 2.45) is 0 Å². The van der Waals surface area contributed by atoms with Crippen molar-refractivity contribution in [1.82, 2.24) is 9.80 Å². The van der Waals surface area contributed by atoms with Crippen molar-refractivity contribution in [3.63, 3.8) is 0 Å². The second-order valence-electron chi connectivity index (χ2n) is 6.23. The smallest absolute Gasteiger partial charge is 0.119 e. The second kappa shape index (κ2) is 4.50. The molecular weight excluding hydrogens is 236 g/mol. The van der Waals surface area contributed by atoms with Crippen molar-refractivity contribution < 1.29 is 5.11 Å². The van der Waals surface area contributed by atoms with Gasteiger partial charge < -0.3 is 5.11 Å². The van der Waals surface area contributed by atoms with E-state index >= 15 is 0 Å². The van der Waals surface area contributed by atoms with Crippen LogP contribution in [-0.4, -0.2) is 47.1 Å². The van der Waals surface area contributed by atoms with Gasteiger partial charge in [-0.25, -0.2) is 0 Å². The minimum atomic E-state index is 0.500. The van der Waals surface area contributed by atoms with Crippen LogP contribution < -0.4 is 0 Å². The molecule has 2 unspecified atom stereocenters. The average Bonchev–Trinajstić information content (AvgIpc) is 3.04. The molecule has 102 valence electrons. The van der Waals surface area contributed by atoms with E-state index in [9.17, 15) is 5.11 Å². The van der Waals surface area contributed by atoms with Crippen LogP contribution in [0.1, 0.15) is 36.4 Å². The van der Waals surface area contributed by atoms with Crippen LogP contribution >= 0.6 is 0 Å². The van der Waals surface area contributed by atoms with Gasteiger partial charge >= 0.3 is 0 Å². The van der Waals surface area contributed by atoms with Gasteiger partial charge in [-0.2, -0.15) is 0 Å². The van der Waals surface area contributed by atoms with Crippen LogP contribution in [0.25, 0.3) is 0 Å². The normalized spacial score (nSPS) is 31.4. The Hall–Kier alpha value is -1.06. The molecule has 2 aliphatic heterocycles. The molecule has 0 bridgehead atoms. The molecule has 19 heavy (non-hydrogen) atoms. The Morgan fingerprint density at radius 2 is 1.95 bits per heavy atom. The Morgan fingerprint density at radius 1 is 1.05 bits per heavy atom. The number of hydrogen-bond acceptors (Lipinski definition) is 3. The first-order valence-electron chi connectivity index (χ1n) is 7.62. The lowest BCUT2D eigenvalue weighted by Crippen LogP contribution is -2.50. The monoisotopic (exact) mass is 258 g/mol. The highest BCUT2D eigenvalue weighted by molar-refractivity contribution is 5.44. The minimum absolute atomic E-state index is 0.500. The molecule has 2 atom stereocenters. The number of phenols is 1. The van der Waals surface area contributed by atoms with E-state index in [1.807, 2.05) is 12.1 Å². The Kier molecular flexibility index (Phi) is 2.78. The van der Waals surface area contributed by atoms with E-state index in [0.717, 1.165) is 12.5 Å². The summed E-state index contributed by atoms with van der Waals surface area (Å²) in [7, 11) is 0. The van der Waals surface area contributed by atoms with Gasteiger partial charge in [-0.15, -0.1) is 0 Å². The molecule has 0 spiro atoms. The molecule has 0 radical (unpaired) electrons. The molecule has 1 aliphatic carbocycles. The predicted molar refractivity (Wildman–Crippen MR) is 75.3 cm³/mol. The summed E-state index contributed by atoms with van der Waals surface area (Å²) in [6.45, 7) is 4.95. The van der Waals surface area contributed by atoms with Crippen LogP contribution in [0.5, 0.6) is 5.75 Å². The lowest BCUT2D eigenvalue weighted by molar-refractivity contribution is 0.0715. The number of phenolic OH excluding ortho intramolecular Hbond substituents is 1. The molecular formula is C16H22N2O. The van der Waals surface area contributed by atoms with Gasteiger partial charge in [0, 0.05) is 31.7 Å². The number of fused-ring (bicyclic) bond motifs is 2. The quantitative estimate of drug-likeness (QED) is 0.836. The summed E-state index contributed by atoms with van der Waals surface area (Å²) in [5.74, 6) is 0.500. The third-order valence-corrected chi connectivity index (χ3v) is 5.27. The molecule has 1 N–H and O–H groups in total. The van der Waals surface area contributed by atoms with Gasteiger partial charge in [0.25, 0.3) is 0 Å². The van der Waals surface area contributed by atoms with Gasteiger partial charge in [0.05, 0.1) is 0 Å². The fraction of sp³-hybridized carbons (Fsp3) is 0.625. The molecule has 0 amide bonds. The Labute approximate surface area is 114 Å². The van der Waals surface area contributed by atoms with Gasteiger partial charge in [0.1, 0.15) is 5.75 Å². The van der Waals surface area contributed by atoms with Crippen LogP contribution in [0.4, 0.5) is 0 Å². The highest BCUT2D eigenvalue weighted by Gasteiger charge is 2.36. The van der Waals surface area contributed by atoms with Gasteiger partial charge in [-0.3, -0.25) is 9.80 Å². The van der Waals surface area contributed by atoms with Crippen LogP contribution in [0.3, 0.4) is 0 Å². The summed E-state index contributed by atoms with van der Waals surface area (Å²) < 4.78 is 0. The number of nitrogens with zero attached hydrogens (tertiary/aromatic N) is 2. The standard InChI is InChI=1S/C16H22N2O/c19-16-5-1-4-13-14(16)6-7-15(13)18-10-9-17-8-2-3-12(17)11-18/h1,4-5,12,15,19H,2-3,6-11H2. The van der Waals surface area contributed by atoms with Crippen molar-refractivity contribution in [3.8, 4) is 5.75 Å². The molecule has 2 fully saturated rings. The topological polar surface area (TPSA) is 26.7 Å². The third kappa shape index (κ3) is 1.87. The van der Waals surface area contributed by atoms with E-state index in [1.54, 1.807) is 0 Å². The molecule has 3 aliphatic rings. The first-order valence-corrected chi connectivity index (χ1v) is 7.62. The van der Waals surface area contributed by atoms with Gasteiger partial charge in [0.2, 0.25) is 0 Å². The van der Waals surface area contributed by atoms with E-state index in [1.165, 1.54) is 56.6 Å². The number of hydrogen-bond donors (Lipinski definition) is 1. The summed E-state index contributed by atoms with van der Waals surface area (Å²) in [6, 6.07) is 7.38. The van der Waals surface area contributed by atoms with Crippen molar-refractivity contribution in [3.05, 3.63) is 29.3 Å². The zero-order valence-corrected chi connectivity index (χ0v) is 11.4. The average molecular weight is 258 g/mol. The van der Waals surface area contributed by atoms with Crippen LogP contribution in [-0.2, 0) is 6.42 Å². The van der Waals surface area contributed by atoms with E-state index < -0.39 is 0 Å². The Morgan fingerprint density at radius 3 is 2.89 bits per heavy atom. The molecule has 3 heteroatoms. The van der Waals surface area contributed by atoms with Gasteiger partial charge in [-0.05, 0) is 49.4 Å². The Balaban J connectivity index is 1.57. The first kappa shape index (κ1) is 11.7. The largest absolute Gasteiger partial charge is 0.508 e. The van der Waals surface area contributed by atoms with Crippen molar-refractivity contribution >= 4 is 0 Å². The lowest BCUT2D eigenvalue weighted by Gasteiger charge is -2.40. The highest BCUT2D eigenvalue weighted by Crippen LogP contribution is 2.41. The summed E-state index contributed by atoms with van der Waals surface area (Å²) in [5.41, 5.74) is 2.58. The highest BCUT2D eigenvalue weighted by atomic mass is 16.3. The summed E-state index contributed by atoms with van der Waals surface area (Å²) >= 11 is 0. The predicted octanol–water partition coefficient (Wildman–Crippen LogP) is 2.16. The molecule has 4 rings (SSSR count). The SMILES string of the molecule is Oc1cccc2c1CCC2N1CCN2CCCC2C1. The summed E-state index contributed by atoms with van der Waals surface area (Å²) in [4.78, 5) is 5.33. The molecule has 2 heterocycles. The maximum atomic E-state index is 9.97. The van der Waals surface area contributed by atoms with Crippen LogP contribution in [0, 0.1) is 0 Å². The van der Waals surface area contributed by atoms with Gasteiger partial charge in [-0.1, -0.05) is 12.1 Å². The van der Waals surface area contributed by atoms with Crippen molar-refractivity contribution in [2.45, 2.75) is 37.8 Å². The molecule has 1 aromatic rings. The molecule has 0 saturated carbocycles. The van der Waals surface area contributed by atoms with Crippen LogP contribution in [0.15, 0.2) is 18.2 Å². The molecule has 2 saturated heterocycles. The van der Waals surface area contributed by atoms with Crippen molar-refractivity contribution in [1.29, 1.82) is 0 Å². The van der Waals surface area contributed by atoms with Gasteiger partial charge in [0.15, 0.2) is 0 Å². The molecule has 1 aromatic carbocycles. The number of piperazine rings is 1. The molecule has 3 nitrogen and oxygen atoms in total. The maximum absolute atomic E-state index is 9.97. The van der Waals surface area contributed by atoms with Crippen molar-refractivity contribution in [2.75, 3.05) is 26.2 Å². The van der Waals surface area contributed by atoms with Crippen LogP contribution in [0.2, 0.25) is 0 Å². The second-order valence-corrected chi connectivity index (χ2v) is 6.23. The fourth-order valence-corrected chi connectivity index (χ4v) is 4.29. The lowest BCUT2D eigenvalue weighted by atomic mass is 10.0. The van der Waals surface area contributed by atoms with E-state index in [0.29, 0.717) is 11.8 Å². The summed E-state index contributed by atoms with van der Waals surface area (Å²) in [6.07, 6.45) is 4.97. The van der Waals surface area contributed by atoms with E-state index in [4.69, 9.17) is 0 Å².